The van der Waals surface area contributed by atoms with Gasteiger partial charge in [-0.2, -0.15) is 0 Å². The molecule has 1 fully saturated rings. The summed E-state index contributed by atoms with van der Waals surface area (Å²) in [4.78, 5) is 0. The van der Waals surface area contributed by atoms with E-state index in [0.29, 0.717) is 0 Å². The van der Waals surface area contributed by atoms with Crippen LogP contribution in [0.5, 0.6) is 0 Å². The molecule has 1 heterocycles. The topological polar surface area (TPSA) is 120 Å². The lowest BCUT2D eigenvalue weighted by Crippen LogP contribution is -2.58. The highest BCUT2D eigenvalue weighted by atomic mass is 35.5. The first-order valence-corrected chi connectivity index (χ1v) is 8.47. The van der Waals surface area contributed by atoms with Crippen molar-refractivity contribution in [2.45, 2.75) is 30.7 Å². The second kappa shape index (κ2) is 9.52. The van der Waals surface area contributed by atoms with Crippen molar-refractivity contribution in [3.63, 3.8) is 0 Å². The molecule has 124 valence electrons. The monoisotopic (exact) mass is 366 g/mol. The molecule has 1 saturated heterocycles. The Hall–Kier alpha value is 0.400. The summed E-state index contributed by atoms with van der Waals surface area (Å²) in [6.07, 6.45) is -7.25. The lowest BCUT2D eigenvalue weighted by molar-refractivity contribution is -0.277. The molecule has 0 aromatic heterocycles. The summed E-state index contributed by atoms with van der Waals surface area (Å²) in [6, 6.07) is 0. The SMILES string of the molecule is O=[P+](O[C@H]1O[C@H](CO)[C@@H](O)[C@H](O)[C@@H]1O)N(CCCl)CCCl. The van der Waals surface area contributed by atoms with Gasteiger partial charge in [-0.3, -0.25) is 0 Å². The summed E-state index contributed by atoms with van der Waals surface area (Å²) in [6.45, 7) is -0.0868. The normalized spacial score (nSPS) is 34.2. The van der Waals surface area contributed by atoms with Gasteiger partial charge in [-0.25, -0.2) is 0 Å². The molecule has 0 aromatic rings. The van der Waals surface area contributed by atoms with E-state index < -0.39 is 45.5 Å². The van der Waals surface area contributed by atoms with Crippen molar-refractivity contribution in [3.8, 4) is 0 Å². The molecular weight excluding hydrogens is 348 g/mol. The number of hydrogen-bond acceptors (Lipinski definition) is 7. The van der Waals surface area contributed by atoms with Crippen LogP contribution in [0.1, 0.15) is 0 Å². The molecule has 0 bridgehead atoms. The molecule has 0 amide bonds. The van der Waals surface area contributed by atoms with Crippen molar-refractivity contribution in [1.29, 1.82) is 0 Å². The number of nitrogens with zero attached hydrogens (tertiary/aromatic N) is 1. The van der Waals surface area contributed by atoms with Gasteiger partial charge in [-0.05, 0) is 4.57 Å². The van der Waals surface area contributed by atoms with Crippen LogP contribution in [0.3, 0.4) is 0 Å². The predicted octanol–water partition coefficient (Wildman–Crippen LogP) is -0.760. The number of alkyl halides is 2. The zero-order chi connectivity index (χ0) is 16.0. The van der Waals surface area contributed by atoms with Crippen LogP contribution in [0, 0.1) is 0 Å². The Morgan fingerprint density at radius 1 is 1.10 bits per heavy atom. The standard InChI is InChI=1S/C10H19Cl2NO7P/c11-1-3-13(4-2-12)21(18)20-10-9(17)8(16)7(15)6(5-14)19-10/h6-10,14-17H,1-5H2/q+1/t6-,7-,8+,9+,10-/m1/s1. The average molecular weight is 367 g/mol. The Morgan fingerprint density at radius 2 is 1.67 bits per heavy atom. The van der Waals surface area contributed by atoms with Crippen LogP contribution in [0.25, 0.3) is 0 Å². The third-order valence-corrected chi connectivity index (χ3v) is 4.55. The quantitative estimate of drug-likeness (QED) is 0.327. The van der Waals surface area contributed by atoms with Crippen LogP contribution in [-0.4, -0.2) is 87.3 Å². The maximum absolute atomic E-state index is 12.1. The Kier molecular flexibility index (Phi) is 8.82. The van der Waals surface area contributed by atoms with Gasteiger partial charge in [0, 0.05) is 11.8 Å². The maximum Gasteiger partial charge on any atom is 0.618 e. The van der Waals surface area contributed by atoms with E-state index in [4.69, 9.17) is 37.6 Å². The lowest BCUT2D eigenvalue weighted by Gasteiger charge is -2.37. The summed E-state index contributed by atoms with van der Waals surface area (Å²) in [5.41, 5.74) is 0. The molecule has 1 rings (SSSR count). The fourth-order valence-electron chi connectivity index (χ4n) is 1.78. The highest BCUT2D eigenvalue weighted by Gasteiger charge is 2.48. The van der Waals surface area contributed by atoms with Crippen molar-refractivity contribution < 1.29 is 34.3 Å². The first-order chi connectivity index (χ1) is 9.96. The molecule has 0 aromatic carbocycles. The second-order valence-corrected chi connectivity index (χ2v) is 6.38. The first-order valence-electron chi connectivity index (χ1n) is 6.27. The molecule has 11 heteroatoms. The number of halogens is 2. The first kappa shape index (κ1) is 19.4. The molecule has 0 saturated carbocycles. The third-order valence-electron chi connectivity index (χ3n) is 2.96. The van der Waals surface area contributed by atoms with Crippen molar-refractivity contribution in [2.24, 2.45) is 0 Å². The summed E-state index contributed by atoms with van der Waals surface area (Å²) >= 11 is 11.2. The molecule has 4 N–H and O–H groups in total. The van der Waals surface area contributed by atoms with E-state index in [1.807, 2.05) is 0 Å². The van der Waals surface area contributed by atoms with Crippen LogP contribution in [0.2, 0.25) is 0 Å². The molecule has 1 aliphatic rings. The van der Waals surface area contributed by atoms with Gasteiger partial charge in [-0.15, -0.1) is 23.2 Å². The fraction of sp³-hybridized carbons (Fsp3) is 1.00. The van der Waals surface area contributed by atoms with E-state index >= 15 is 0 Å². The van der Waals surface area contributed by atoms with E-state index in [-0.39, 0.29) is 24.8 Å². The Morgan fingerprint density at radius 3 is 2.14 bits per heavy atom. The van der Waals surface area contributed by atoms with Crippen molar-refractivity contribution >= 4 is 31.4 Å². The molecule has 6 atom stereocenters. The van der Waals surface area contributed by atoms with E-state index in [1.165, 1.54) is 4.67 Å². The summed E-state index contributed by atoms with van der Waals surface area (Å²) in [5, 5.41) is 38.0. The van der Waals surface area contributed by atoms with Crippen molar-refractivity contribution in [3.05, 3.63) is 0 Å². The van der Waals surface area contributed by atoms with Crippen LogP contribution in [-0.2, 0) is 13.8 Å². The van der Waals surface area contributed by atoms with Crippen LogP contribution < -0.4 is 0 Å². The number of aliphatic hydroxyl groups excluding tert-OH is 4. The minimum atomic E-state index is -2.41. The van der Waals surface area contributed by atoms with Gasteiger partial charge in [0.05, 0.1) is 19.7 Å². The maximum atomic E-state index is 12.1. The minimum absolute atomic E-state index is 0.204. The Labute approximate surface area is 133 Å². The molecule has 8 nitrogen and oxygen atoms in total. The number of ether oxygens (including phenoxy) is 1. The predicted molar refractivity (Wildman–Crippen MR) is 75.5 cm³/mol. The van der Waals surface area contributed by atoms with E-state index in [1.54, 1.807) is 0 Å². The molecule has 0 aliphatic carbocycles. The van der Waals surface area contributed by atoms with Gasteiger partial charge in [0.15, 0.2) is 0 Å². The van der Waals surface area contributed by atoms with Gasteiger partial charge in [-0.1, -0.05) is 9.19 Å². The molecule has 21 heavy (non-hydrogen) atoms. The zero-order valence-electron chi connectivity index (χ0n) is 11.1. The van der Waals surface area contributed by atoms with E-state index in [2.05, 4.69) is 0 Å². The third kappa shape index (κ3) is 5.21. The van der Waals surface area contributed by atoms with Gasteiger partial charge in [0.1, 0.15) is 24.4 Å². The molecular formula is C10H19Cl2NO7P+. The highest BCUT2D eigenvalue weighted by Crippen LogP contribution is 2.34. The highest BCUT2D eigenvalue weighted by molar-refractivity contribution is 7.36. The fourth-order valence-corrected chi connectivity index (χ4v) is 3.44. The van der Waals surface area contributed by atoms with Gasteiger partial charge >= 0.3 is 8.18 Å². The minimum Gasteiger partial charge on any atom is -0.394 e. The van der Waals surface area contributed by atoms with Crippen LogP contribution in [0.15, 0.2) is 0 Å². The molecule has 1 unspecified atom stereocenters. The number of aliphatic hydroxyl groups is 4. The van der Waals surface area contributed by atoms with E-state index in [0.717, 1.165) is 0 Å². The molecule has 0 spiro atoms. The molecule has 0 radical (unpaired) electrons. The Bertz CT molecular complexity index is 333. The Balaban J connectivity index is 2.68. The smallest absolute Gasteiger partial charge is 0.394 e. The van der Waals surface area contributed by atoms with Crippen LogP contribution in [0.4, 0.5) is 0 Å². The summed E-state index contributed by atoms with van der Waals surface area (Å²) in [5.74, 6) is 0.409. The van der Waals surface area contributed by atoms with Gasteiger partial charge in [0.25, 0.3) is 0 Å². The van der Waals surface area contributed by atoms with E-state index in [9.17, 15) is 19.9 Å². The average Bonchev–Trinajstić information content (AvgIpc) is 2.47. The molecule has 1 aliphatic heterocycles. The van der Waals surface area contributed by atoms with Crippen molar-refractivity contribution in [1.82, 2.24) is 4.67 Å². The summed E-state index contributed by atoms with van der Waals surface area (Å²) < 4.78 is 23.6. The number of hydrogen-bond donors (Lipinski definition) is 4. The van der Waals surface area contributed by atoms with Gasteiger partial charge < -0.3 is 25.2 Å². The second-order valence-electron chi connectivity index (χ2n) is 4.37. The zero-order valence-corrected chi connectivity index (χ0v) is 13.5. The van der Waals surface area contributed by atoms with Crippen molar-refractivity contribution in [2.75, 3.05) is 31.5 Å². The van der Waals surface area contributed by atoms with Gasteiger partial charge in [0.2, 0.25) is 6.29 Å². The van der Waals surface area contributed by atoms with Crippen LogP contribution >= 0.6 is 31.4 Å². The lowest BCUT2D eigenvalue weighted by atomic mass is 10.00. The number of rotatable bonds is 8. The summed E-state index contributed by atoms with van der Waals surface area (Å²) in [7, 11) is -2.41. The largest absolute Gasteiger partial charge is 0.618 e.